The predicted molar refractivity (Wildman–Crippen MR) is 183 cm³/mol. The number of furan rings is 1. The standard InChI is InChI=1S/C38H40N4O3/c1-41(33-11-5-3-6-12-33)27-9-25-39-37(43)31-19-15-29(16-20-31)35-23-24-36(45-35)30-17-21-32(22-18-30)38(44)40-26-10-28-42(2)34-13-7-4-8-14-34/h3-8,11-24H,9-10,25-28H2,1-2H3,(H,39,43)(H,40,44). The van der Waals surface area contributed by atoms with E-state index in [1.807, 2.05) is 97.1 Å². The summed E-state index contributed by atoms with van der Waals surface area (Å²) in [4.78, 5) is 29.7. The fourth-order valence-electron chi connectivity index (χ4n) is 5.08. The lowest BCUT2D eigenvalue weighted by Crippen LogP contribution is -2.28. The number of hydrogen-bond acceptors (Lipinski definition) is 5. The van der Waals surface area contributed by atoms with E-state index in [-0.39, 0.29) is 11.8 Å². The molecule has 0 aliphatic heterocycles. The van der Waals surface area contributed by atoms with Crippen LogP contribution in [-0.4, -0.2) is 52.1 Å². The van der Waals surface area contributed by atoms with Crippen LogP contribution in [0.1, 0.15) is 33.6 Å². The van der Waals surface area contributed by atoms with Crippen LogP contribution in [0.5, 0.6) is 0 Å². The highest BCUT2D eigenvalue weighted by Gasteiger charge is 2.11. The molecule has 0 aliphatic rings. The van der Waals surface area contributed by atoms with E-state index in [0.717, 1.165) is 48.4 Å². The lowest BCUT2D eigenvalue weighted by molar-refractivity contribution is 0.0945. The van der Waals surface area contributed by atoms with Gasteiger partial charge in [0.2, 0.25) is 0 Å². The molecule has 0 spiro atoms. The number of benzene rings is 4. The molecule has 7 heteroatoms. The second-order valence-electron chi connectivity index (χ2n) is 11.1. The molecule has 0 bridgehead atoms. The molecule has 5 rings (SSSR count). The lowest BCUT2D eigenvalue weighted by Gasteiger charge is -2.19. The Balaban J connectivity index is 1.06. The van der Waals surface area contributed by atoms with E-state index < -0.39 is 0 Å². The monoisotopic (exact) mass is 600 g/mol. The van der Waals surface area contributed by atoms with Crippen molar-refractivity contribution in [2.75, 3.05) is 50.1 Å². The Hall–Kier alpha value is -5.30. The van der Waals surface area contributed by atoms with Crippen LogP contribution >= 0.6 is 0 Å². The number of hydrogen-bond donors (Lipinski definition) is 2. The predicted octanol–water partition coefficient (Wildman–Crippen LogP) is 7.13. The van der Waals surface area contributed by atoms with E-state index in [4.69, 9.17) is 4.42 Å². The van der Waals surface area contributed by atoms with Crippen LogP contribution in [0.25, 0.3) is 22.6 Å². The first-order valence-electron chi connectivity index (χ1n) is 15.4. The van der Waals surface area contributed by atoms with Gasteiger partial charge in [0.15, 0.2) is 0 Å². The van der Waals surface area contributed by atoms with Gasteiger partial charge in [-0.05, 0) is 73.5 Å². The minimum atomic E-state index is -0.0901. The first-order chi connectivity index (χ1) is 22.0. The van der Waals surface area contributed by atoms with E-state index in [1.165, 1.54) is 0 Å². The van der Waals surface area contributed by atoms with E-state index >= 15 is 0 Å². The van der Waals surface area contributed by atoms with Crippen LogP contribution in [-0.2, 0) is 0 Å². The molecule has 2 amide bonds. The van der Waals surface area contributed by atoms with E-state index in [1.54, 1.807) is 0 Å². The molecule has 0 radical (unpaired) electrons. The van der Waals surface area contributed by atoms with Gasteiger partial charge >= 0.3 is 0 Å². The Morgan fingerprint density at radius 3 is 1.29 bits per heavy atom. The minimum absolute atomic E-state index is 0.0901. The largest absolute Gasteiger partial charge is 0.456 e. The van der Waals surface area contributed by atoms with Gasteiger partial charge in [-0.3, -0.25) is 9.59 Å². The average molecular weight is 601 g/mol. The van der Waals surface area contributed by atoms with Crippen molar-refractivity contribution in [2.45, 2.75) is 12.8 Å². The number of amides is 2. The number of anilines is 2. The van der Waals surface area contributed by atoms with Crippen molar-refractivity contribution >= 4 is 23.2 Å². The second-order valence-corrected chi connectivity index (χ2v) is 11.1. The van der Waals surface area contributed by atoms with Crippen molar-refractivity contribution < 1.29 is 14.0 Å². The first-order valence-corrected chi connectivity index (χ1v) is 15.4. The van der Waals surface area contributed by atoms with E-state index in [9.17, 15) is 9.59 Å². The lowest BCUT2D eigenvalue weighted by atomic mass is 10.1. The van der Waals surface area contributed by atoms with Crippen LogP contribution in [0, 0.1) is 0 Å². The van der Waals surface area contributed by atoms with Gasteiger partial charge in [-0.15, -0.1) is 0 Å². The third-order valence-corrected chi connectivity index (χ3v) is 7.77. The van der Waals surface area contributed by atoms with Gasteiger partial charge in [0.25, 0.3) is 11.8 Å². The summed E-state index contributed by atoms with van der Waals surface area (Å²) in [6, 6.07) is 39.1. The van der Waals surface area contributed by atoms with Crippen molar-refractivity contribution in [1.82, 2.24) is 10.6 Å². The van der Waals surface area contributed by atoms with Crippen LogP contribution in [0.4, 0.5) is 11.4 Å². The maximum Gasteiger partial charge on any atom is 0.251 e. The highest BCUT2D eigenvalue weighted by Crippen LogP contribution is 2.29. The van der Waals surface area contributed by atoms with Gasteiger partial charge in [0, 0.05) is 73.9 Å². The van der Waals surface area contributed by atoms with Crippen molar-refractivity contribution in [2.24, 2.45) is 0 Å². The molecule has 5 aromatic rings. The summed E-state index contributed by atoms with van der Waals surface area (Å²) in [5.74, 6) is 1.24. The van der Waals surface area contributed by atoms with Gasteiger partial charge in [-0.1, -0.05) is 60.7 Å². The number of nitrogens with one attached hydrogen (secondary N) is 2. The molecule has 0 unspecified atom stereocenters. The molecule has 1 aromatic heterocycles. The summed E-state index contributed by atoms with van der Waals surface area (Å²) in [6.07, 6.45) is 1.70. The van der Waals surface area contributed by atoms with Gasteiger partial charge < -0.3 is 24.9 Å². The zero-order valence-corrected chi connectivity index (χ0v) is 25.9. The normalized spacial score (nSPS) is 10.7. The molecule has 0 saturated carbocycles. The molecule has 0 fully saturated rings. The quantitative estimate of drug-likeness (QED) is 0.133. The molecule has 45 heavy (non-hydrogen) atoms. The third-order valence-electron chi connectivity index (χ3n) is 7.77. The molecular weight excluding hydrogens is 560 g/mol. The van der Waals surface area contributed by atoms with E-state index in [2.05, 4.69) is 58.8 Å². The number of carbonyl (C=O) groups excluding carboxylic acids is 2. The first kappa shape index (κ1) is 31.1. The fourth-order valence-corrected chi connectivity index (χ4v) is 5.08. The third kappa shape index (κ3) is 8.63. The van der Waals surface area contributed by atoms with Crippen LogP contribution in [0.15, 0.2) is 126 Å². The van der Waals surface area contributed by atoms with Crippen molar-refractivity contribution in [3.8, 4) is 22.6 Å². The average Bonchev–Trinajstić information content (AvgIpc) is 3.59. The molecule has 0 atom stereocenters. The number of carbonyl (C=O) groups is 2. The topological polar surface area (TPSA) is 77.8 Å². The summed E-state index contributed by atoms with van der Waals surface area (Å²) in [6.45, 7) is 2.92. The van der Waals surface area contributed by atoms with Crippen molar-refractivity contribution in [3.63, 3.8) is 0 Å². The van der Waals surface area contributed by atoms with Gasteiger partial charge in [-0.25, -0.2) is 0 Å². The Kier molecular flexibility index (Phi) is 10.7. The Morgan fingerprint density at radius 2 is 0.911 bits per heavy atom. The minimum Gasteiger partial charge on any atom is -0.456 e. The molecule has 0 aliphatic carbocycles. The molecule has 2 N–H and O–H groups in total. The molecular formula is C38H40N4O3. The van der Waals surface area contributed by atoms with Crippen molar-refractivity contribution in [1.29, 1.82) is 0 Å². The van der Waals surface area contributed by atoms with Gasteiger partial charge in [0.05, 0.1) is 0 Å². The molecule has 0 saturated heterocycles. The highest BCUT2D eigenvalue weighted by atomic mass is 16.3. The smallest absolute Gasteiger partial charge is 0.251 e. The molecule has 4 aromatic carbocycles. The zero-order valence-electron chi connectivity index (χ0n) is 25.9. The maximum atomic E-state index is 12.6. The van der Waals surface area contributed by atoms with Crippen LogP contribution in [0.3, 0.4) is 0 Å². The Bertz CT molecular complexity index is 1530. The summed E-state index contributed by atoms with van der Waals surface area (Å²) in [7, 11) is 4.11. The number of rotatable bonds is 14. The van der Waals surface area contributed by atoms with Crippen LogP contribution < -0.4 is 20.4 Å². The zero-order chi connectivity index (χ0) is 31.4. The van der Waals surface area contributed by atoms with Gasteiger partial charge in [0.1, 0.15) is 11.5 Å². The summed E-state index contributed by atoms with van der Waals surface area (Å²) in [5.41, 5.74) is 5.31. The van der Waals surface area contributed by atoms with Gasteiger partial charge in [-0.2, -0.15) is 0 Å². The highest BCUT2D eigenvalue weighted by molar-refractivity contribution is 5.95. The maximum absolute atomic E-state index is 12.6. The van der Waals surface area contributed by atoms with Crippen LogP contribution in [0.2, 0.25) is 0 Å². The number of para-hydroxylation sites is 2. The second kappa shape index (κ2) is 15.4. The van der Waals surface area contributed by atoms with Crippen molar-refractivity contribution in [3.05, 3.63) is 132 Å². The molecule has 1 heterocycles. The number of nitrogens with zero attached hydrogens (tertiary/aromatic N) is 2. The Morgan fingerprint density at radius 1 is 0.533 bits per heavy atom. The molecule has 230 valence electrons. The summed E-state index contributed by atoms with van der Waals surface area (Å²) in [5, 5.41) is 6.02. The summed E-state index contributed by atoms with van der Waals surface area (Å²) < 4.78 is 6.12. The molecule has 7 nitrogen and oxygen atoms in total. The SMILES string of the molecule is CN(CCCNC(=O)c1ccc(-c2ccc(-c3ccc(C(=O)NCCCN(C)c4ccccc4)cc3)o2)cc1)c1ccccc1. The summed E-state index contributed by atoms with van der Waals surface area (Å²) >= 11 is 0. The van der Waals surface area contributed by atoms with E-state index in [0.29, 0.717) is 35.7 Å². The Labute approximate surface area is 265 Å². The fraction of sp³-hybridized carbons (Fsp3) is 0.211.